The van der Waals surface area contributed by atoms with Crippen LogP contribution in [0.5, 0.6) is 0 Å². The number of hydrogen-bond acceptors (Lipinski definition) is 4. The van der Waals surface area contributed by atoms with Crippen molar-refractivity contribution in [1.82, 2.24) is 4.98 Å². The van der Waals surface area contributed by atoms with E-state index >= 15 is 0 Å². The highest BCUT2D eigenvalue weighted by Gasteiger charge is 2.26. The second-order valence-corrected chi connectivity index (χ2v) is 3.76. The van der Waals surface area contributed by atoms with Gasteiger partial charge in [0.25, 0.3) is 0 Å². The predicted molar refractivity (Wildman–Crippen MR) is 49.3 cm³/mol. The summed E-state index contributed by atoms with van der Waals surface area (Å²) in [4.78, 5) is 25.1. The maximum Gasteiger partial charge on any atom is 0.318 e. The van der Waals surface area contributed by atoms with Gasteiger partial charge in [-0.1, -0.05) is 0 Å². The van der Waals surface area contributed by atoms with E-state index in [9.17, 15) is 9.59 Å². The maximum absolute atomic E-state index is 10.5. The molecule has 2 N–H and O–H groups in total. The fourth-order valence-electron chi connectivity index (χ4n) is 0.951. The molecular formula is C8H9NO4S. The fourth-order valence-corrected chi connectivity index (χ4v) is 1.77. The van der Waals surface area contributed by atoms with E-state index < -0.39 is 17.9 Å². The van der Waals surface area contributed by atoms with E-state index in [0.29, 0.717) is 5.01 Å². The zero-order valence-electron chi connectivity index (χ0n) is 7.43. The summed E-state index contributed by atoms with van der Waals surface area (Å²) in [5.41, 5.74) is 0.777. The van der Waals surface area contributed by atoms with Gasteiger partial charge >= 0.3 is 11.9 Å². The lowest BCUT2D eigenvalue weighted by Gasteiger charge is -2.03. The molecule has 0 aliphatic heterocycles. The van der Waals surface area contributed by atoms with E-state index in [1.165, 1.54) is 11.3 Å². The Hall–Kier alpha value is -1.43. The SMILES string of the molecule is Cc1csc(CC(C(=O)O)C(=O)O)n1. The zero-order valence-corrected chi connectivity index (χ0v) is 8.24. The highest BCUT2D eigenvalue weighted by Crippen LogP contribution is 2.14. The molecular weight excluding hydrogens is 206 g/mol. The largest absolute Gasteiger partial charge is 0.481 e. The van der Waals surface area contributed by atoms with Crippen molar-refractivity contribution in [2.24, 2.45) is 5.92 Å². The minimum absolute atomic E-state index is 0.0524. The quantitative estimate of drug-likeness (QED) is 0.724. The van der Waals surface area contributed by atoms with Gasteiger partial charge in [0, 0.05) is 17.5 Å². The molecule has 1 rings (SSSR count). The molecule has 14 heavy (non-hydrogen) atoms. The first-order chi connectivity index (χ1) is 6.50. The Kier molecular flexibility index (Phi) is 3.19. The van der Waals surface area contributed by atoms with Gasteiger partial charge in [-0.2, -0.15) is 0 Å². The van der Waals surface area contributed by atoms with Crippen LogP contribution in [0.1, 0.15) is 10.7 Å². The van der Waals surface area contributed by atoms with Crippen LogP contribution >= 0.6 is 11.3 Å². The average Bonchev–Trinajstić information content (AvgIpc) is 2.46. The Morgan fingerprint density at radius 1 is 1.50 bits per heavy atom. The number of carboxylic acid groups (broad SMARTS) is 2. The third kappa shape index (κ3) is 2.53. The first-order valence-corrected chi connectivity index (χ1v) is 4.75. The lowest BCUT2D eigenvalue weighted by molar-refractivity contribution is -0.154. The van der Waals surface area contributed by atoms with Gasteiger partial charge in [0.05, 0.1) is 5.01 Å². The summed E-state index contributed by atoms with van der Waals surface area (Å²) in [6.07, 6.45) is -0.0524. The molecule has 0 spiro atoms. The standard InChI is InChI=1S/C8H9NO4S/c1-4-3-14-6(9-4)2-5(7(10)11)8(12)13/h3,5H,2H2,1H3,(H,10,11)(H,12,13). The molecule has 6 heteroatoms. The molecule has 0 radical (unpaired) electrons. The number of thiazole rings is 1. The van der Waals surface area contributed by atoms with Crippen LogP contribution in [0.25, 0.3) is 0 Å². The highest BCUT2D eigenvalue weighted by atomic mass is 32.1. The average molecular weight is 215 g/mol. The third-order valence-corrected chi connectivity index (χ3v) is 2.63. The summed E-state index contributed by atoms with van der Waals surface area (Å²) >= 11 is 1.27. The van der Waals surface area contributed by atoms with E-state index in [4.69, 9.17) is 10.2 Å². The molecule has 1 aromatic heterocycles. The summed E-state index contributed by atoms with van der Waals surface area (Å²) < 4.78 is 0. The van der Waals surface area contributed by atoms with E-state index in [0.717, 1.165) is 5.69 Å². The number of nitrogens with zero attached hydrogens (tertiary/aromatic N) is 1. The minimum atomic E-state index is -1.40. The molecule has 0 aromatic carbocycles. The molecule has 5 nitrogen and oxygen atoms in total. The molecule has 0 amide bonds. The van der Waals surface area contributed by atoms with E-state index in [1.807, 2.05) is 0 Å². The minimum Gasteiger partial charge on any atom is -0.481 e. The fraction of sp³-hybridized carbons (Fsp3) is 0.375. The van der Waals surface area contributed by atoms with Crippen molar-refractivity contribution in [3.8, 4) is 0 Å². The topological polar surface area (TPSA) is 87.5 Å². The van der Waals surface area contributed by atoms with Gasteiger partial charge in [-0.15, -0.1) is 11.3 Å². The van der Waals surface area contributed by atoms with Gasteiger partial charge in [0.2, 0.25) is 0 Å². The Balaban J connectivity index is 2.74. The molecule has 76 valence electrons. The monoisotopic (exact) mass is 215 g/mol. The molecule has 0 aliphatic carbocycles. The van der Waals surface area contributed by atoms with Crippen LogP contribution < -0.4 is 0 Å². The van der Waals surface area contributed by atoms with Crippen molar-refractivity contribution >= 4 is 23.3 Å². The van der Waals surface area contributed by atoms with Crippen LogP contribution in [0.15, 0.2) is 5.38 Å². The number of hydrogen-bond donors (Lipinski definition) is 2. The number of rotatable bonds is 4. The third-order valence-electron chi connectivity index (χ3n) is 1.64. The summed E-state index contributed by atoms with van der Waals surface area (Å²) in [5, 5.41) is 19.5. The lowest BCUT2D eigenvalue weighted by Crippen LogP contribution is -2.25. The van der Waals surface area contributed by atoms with Crippen LogP contribution in [-0.4, -0.2) is 27.1 Å². The van der Waals surface area contributed by atoms with E-state index in [-0.39, 0.29) is 6.42 Å². The second kappa shape index (κ2) is 4.19. The van der Waals surface area contributed by atoms with Crippen molar-refractivity contribution in [3.63, 3.8) is 0 Å². The smallest absolute Gasteiger partial charge is 0.318 e. The second-order valence-electron chi connectivity index (χ2n) is 2.82. The van der Waals surface area contributed by atoms with Crippen LogP contribution in [-0.2, 0) is 16.0 Å². The summed E-state index contributed by atoms with van der Waals surface area (Å²) in [5.74, 6) is -4.06. The van der Waals surface area contributed by atoms with Crippen molar-refractivity contribution < 1.29 is 19.8 Å². The van der Waals surface area contributed by atoms with Gasteiger partial charge in [0.15, 0.2) is 5.92 Å². The molecule has 0 unspecified atom stereocenters. The highest BCUT2D eigenvalue weighted by molar-refractivity contribution is 7.09. The number of carboxylic acids is 2. The normalized spacial score (nSPS) is 10.4. The Morgan fingerprint density at radius 3 is 2.43 bits per heavy atom. The number of aliphatic carboxylic acids is 2. The first kappa shape index (κ1) is 10.6. The van der Waals surface area contributed by atoms with Gasteiger partial charge in [-0.3, -0.25) is 9.59 Å². The molecule has 1 aromatic rings. The van der Waals surface area contributed by atoms with Crippen LogP contribution in [0.4, 0.5) is 0 Å². The number of carbonyl (C=O) groups is 2. The Labute approximate surface area is 84.0 Å². The van der Waals surface area contributed by atoms with Crippen molar-refractivity contribution in [3.05, 3.63) is 16.1 Å². The van der Waals surface area contributed by atoms with Crippen molar-refractivity contribution in [2.75, 3.05) is 0 Å². The van der Waals surface area contributed by atoms with E-state index in [2.05, 4.69) is 4.98 Å². The van der Waals surface area contributed by atoms with E-state index in [1.54, 1.807) is 12.3 Å². The molecule has 0 saturated heterocycles. The predicted octanol–water partition coefficient (Wildman–Crippen LogP) is 0.779. The molecule has 0 saturated carbocycles. The van der Waals surface area contributed by atoms with Gasteiger partial charge in [0.1, 0.15) is 0 Å². The Morgan fingerprint density at radius 2 is 2.07 bits per heavy atom. The summed E-state index contributed by atoms with van der Waals surface area (Å²) in [6.45, 7) is 1.77. The molecule has 0 fully saturated rings. The van der Waals surface area contributed by atoms with Crippen molar-refractivity contribution in [2.45, 2.75) is 13.3 Å². The van der Waals surface area contributed by atoms with Gasteiger partial charge in [-0.05, 0) is 6.92 Å². The summed E-state index contributed by atoms with van der Waals surface area (Å²) in [7, 11) is 0. The lowest BCUT2D eigenvalue weighted by atomic mass is 10.1. The van der Waals surface area contributed by atoms with Gasteiger partial charge in [-0.25, -0.2) is 4.98 Å². The van der Waals surface area contributed by atoms with Crippen molar-refractivity contribution in [1.29, 1.82) is 0 Å². The van der Waals surface area contributed by atoms with Gasteiger partial charge < -0.3 is 10.2 Å². The molecule has 1 heterocycles. The molecule has 0 bridgehead atoms. The molecule has 0 aliphatic rings. The van der Waals surface area contributed by atoms with Crippen LogP contribution in [0, 0.1) is 12.8 Å². The number of aryl methyl sites for hydroxylation is 1. The van der Waals surface area contributed by atoms with Crippen LogP contribution in [0.3, 0.4) is 0 Å². The first-order valence-electron chi connectivity index (χ1n) is 3.87. The maximum atomic E-state index is 10.5. The Bertz CT molecular complexity index is 346. The molecule has 0 atom stereocenters. The van der Waals surface area contributed by atoms with Crippen LogP contribution in [0.2, 0.25) is 0 Å². The zero-order chi connectivity index (χ0) is 10.7. The number of aromatic nitrogens is 1. The summed E-state index contributed by atoms with van der Waals surface area (Å²) in [6, 6.07) is 0.